The van der Waals surface area contributed by atoms with Gasteiger partial charge in [-0.05, 0) is 85.6 Å². The zero-order chi connectivity index (χ0) is 22.0. The molecule has 31 heavy (non-hydrogen) atoms. The Labute approximate surface area is 188 Å². The molecule has 0 saturated carbocycles. The third kappa shape index (κ3) is 4.48. The van der Waals surface area contributed by atoms with Crippen LogP contribution in [0, 0.1) is 13.8 Å². The van der Waals surface area contributed by atoms with E-state index in [0.717, 1.165) is 35.5 Å². The van der Waals surface area contributed by atoms with Crippen LogP contribution in [0.4, 0.5) is 5.82 Å². The number of hydrogen-bond donors (Lipinski definition) is 2. The lowest BCUT2D eigenvalue weighted by atomic mass is 10.0. The Balaban J connectivity index is 1.65. The van der Waals surface area contributed by atoms with E-state index in [1.165, 1.54) is 32.7 Å². The fourth-order valence-electron chi connectivity index (χ4n) is 4.08. The zero-order valence-corrected chi connectivity index (χ0v) is 19.7. The van der Waals surface area contributed by atoms with Gasteiger partial charge in [0.15, 0.2) is 0 Å². The lowest BCUT2D eigenvalue weighted by molar-refractivity contribution is 0.819. The van der Waals surface area contributed by atoms with Crippen LogP contribution in [0.15, 0.2) is 47.8 Å². The molecule has 5 heteroatoms. The van der Waals surface area contributed by atoms with E-state index in [0.29, 0.717) is 0 Å². The summed E-state index contributed by atoms with van der Waals surface area (Å²) in [6.07, 6.45) is 1.01. The largest absolute Gasteiger partial charge is 0.362 e. The van der Waals surface area contributed by atoms with Crippen molar-refractivity contribution >= 4 is 28.1 Å². The molecule has 0 aliphatic carbocycles. The highest BCUT2D eigenvalue weighted by atomic mass is 32.1. The summed E-state index contributed by atoms with van der Waals surface area (Å²) in [7, 11) is 1.99. The van der Waals surface area contributed by atoms with Crippen molar-refractivity contribution in [2.45, 2.75) is 46.7 Å². The van der Waals surface area contributed by atoms with Gasteiger partial charge in [0.2, 0.25) is 0 Å². The Morgan fingerprint density at radius 3 is 2.61 bits per heavy atom. The molecule has 4 aromatic rings. The molecule has 2 aromatic carbocycles. The van der Waals surface area contributed by atoms with Gasteiger partial charge in [-0.2, -0.15) is 0 Å². The Kier molecular flexibility index (Phi) is 6.35. The maximum Gasteiger partial charge on any atom is 0.138 e. The summed E-state index contributed by atoms with van der Waals surface area (Å²) >= 11 is 1.79. The van der Waals surface area contributed by atoms with E-state index in [4.69, 9.17) is 4.98 Å². The summed E-state index contributed by atoms with van der Waals surface area (Å²) in [6.45, 7) is 9.38. The van der Waals surface area contributed by atoms with Gasteiger partial charge in [0, 0.05) is 16.8 Å². The van der Waals surface area contributed by atoms with Gasteiger partial charge in [-0.1, -0.05) is 31.2 Å². The number of aryl methyl sites for hydroxylation is 3. The average Bonchev–Trinajstić information content (AvgIpc) is 3.25. The van der Waals surface area contributed by atoms with Gasteiger partial charge in [-0.15, -0.1) is 11.3 Å². The van der Waals surface area contributed by atoms with E-state index < -0.39 is 0 Å². The fraction of sp³-hybridized carbons (Fsp3) is 0.308. The van der Waals surface area contributed by atoms with E-state index in [1.54, 1.807) is 11.3 Å². The zero-order valence-electron chi connectivity index (χ0n) is 18.9. The highest BCUT2D eigenvalue weighted by Gasteiger charge is 2.15. The van der Waals surface area contributed by atoms with Crippen molar-refractivity contribution in [2.75, 3.05) is 12.4 Å². The van der Waals surface area contributed by atoms with Crippen molar-refractivity contribution in [1.82, 2.24) is 15.3 Å². The van der Waals surface area contributed by atoms with Crippen LogP contribution in [0.2, 0.25) is 0 Å². The quantitative estimate of drug-likeness (QED) is 0.355. The van der Waals surface area contributed by atoms with Crippen LogP contribution in [0.5, 0.6) is 0 Å². The van der Waals surface area contributed by atoms with Crippen LogP contribution in [0.1, 0.15) is 47.3 Å². The predicted molar refractivity (Wildman–Crippen MR) is 133 cm³/mol. The number of fused-ring (bicyclic) bond motifs is 1. The van der Waals surface area contributed by atoms with Crippen molar-refractivity contribution in [3.8, 4) is 11.1 Å². The van der Waals surface area contributed by atoms with Gasteiger partial charge >= 0.3 is 0 Å². The first-order valence-electron chi connectivity index (χ1n) is 10.9. The molecule has 2 N–H and O–H groups in total. The monoisotopic (exact) mass is 430 g/mol. The average molecular weight is 431 g/mol. The second-order valence-corrected chi connectivity index (χ2v) is 9.00. The Hall–Kier alpha value is -2.76. The van der Waals surface area contributed by atoms with Crippen LogP contribution < -0.4 is 10.6 Å². The molecule has 0 aliphatic rings. The summed E-state index contributed by atoms with van der Waals surface area (Å²) in [4.78, 5) is 10.7. The van der Waals surface area contributed by atoms with Crippen molar-refractivity contribution in [3.05, 3.63) is 75.2 Å². The Morgan fingerprint density at radius 2 is 1.84 bits per heavy atom. The maximum absolute atomic E-state index is 4.74. The predicted octanol–water partition coefficient (Wildman–Crippen LogP) is 6.43. The van der Waals surface area contributed by atoms with E-state index in [-0.39, 0.29) is 6.04 Å². The number of hydrogen-bond acceptors (Lipinski definition) is 5. The third-order valence-corrected chi connectivity index (χ3v) is 6.86. The summed E-state index contributed by atoms with van der Waals surface area (Å²) in [6, 6.07) is 15.5. The van der Waals surface area contributed by atoms with Gasteiger partial charge in [0.05, 0.1) is 11.6 Å². The van der Waals surface area contributed by atoms with Crippen molar-refractivity contribution < 1.29 is 0 Å². The summed E-state index contributed by atoms with van der Waals surface area (Å²) in [5.41, 5.74) is 7.52. The molecule has 0 aliphatic heterocycles. The van der Waals surface area contributed by atoms with Crippen LogP contribution in [0.25, 0.3) is 22.0 Å². The number of nitrogens with one attached hydrogen (secondary N) is 2. The molecule has 2 heterocycles. The fourth-order valence-corrected chi connectivity index (χ4v) is 4.99. The van der Waals surface area contributed by atoms with Crippen LogP contribution in [0.3, 0.4) is 0 Å². The van der Waals surface area contributed by atoms with Crippen molar-refractivity contribution in [1.29, 1.82) is 0 Å². The SMILES string of the molecule is CCc1cc2nc(C)nc(N[C@H](C)c3cc(-c4ccccc4CNC)cs3)c2cc1C. The molecule has 0 bridgehead atoms. The summed E-state index contributed by atoms with van der Waals surface area (Å²) in [5, 5.41) is 10.3. The molecule has 0 radical (unpaired) electrons. The van der Waals surface area contributed by atoms with Crippen molar-refractivity contribution in [3.63, 3.8) is 0 Å². The third-order valence-electron chi connectivity index (χ3n) is 5.74. The van der Waals surface area contributed by atoms with Gasteiger partial charge in [-0.3, -0.25) is 0 Å². The minimum absolute atomic E-state index is 0.152. The summed E-state index contributed by atoms with van der Waals surface area (Å²) in [5.74, 6) is 1.70. The van der Waals surface area contributed by atoms with E-state index in [9.17, 15) is 0 Å². The first-order chi connectivity index (χ1) is 15.0. The Morgan fingerprint density at radius 1 is 1.03 bits per heavy atom. The molecule has 4 nitrogen and oxygen atoms in total. The standard InChI is InChI=1S/C26H30N4S/c1-6-19-12-24-23(11-16(19)2)26(30-18(4)29-24)28-17(3)25-13-21(15-31-25)22-10-8-7-9-20(22)14-27-5/h7-13,15,17,27H,6,14H2,1-5H3,(H,28,29,30)/t17-/m1/s1. The lowest BCUT2D eigenvalue weighted by Gasteiger charge is -2.16. The van der Waals surface area contributed by atoms with Crippen LogP contribution >= 0.6 is 11.3 Å². The Bertz CT molecular complexity index is 1210. The molecular formula is C26H30N4S. The minimum Gasteiger partial charge on any atom is -0.362 e. The minimum atomic E-state index is 0.152. The van der Waals surface area contributed by atoms with Gasteiger partial charge in [0.1, 0.15) is 11.6 Å². The topological polar surface area (TPSA) is 49.8 Å². The number of rotatable bonds is 7. The normalized spacial score (nSPS) is 12.3. The summed E-state index contributed by atoms with van der Waals surface area (Å²) < 4.78 is 0. The van der Waals surface area contributed by atoms with E-state index in [1.807, 2.05) is 14.0 Å². The van der Waals surface area contributed by atoms with Crippen LogP contribution in [-0.2, 0) is 13.0 Å². The molecule has 0 saturated heterocycles. The first kappa shape index (κ1) is 21.5. The number of thiophene rings is 1. The molecule has 0 fully saturated rings. The van der Waals surface area contributed by atoms with E-state index in [2.05, 4.69) is 84.2 Å². The molecule has 160 valence electrons. The van der Waals surface area contributed by atoms with Gasteiger partial charge in [0.25, 0.3) is 0 Å². The van der Waals surface area contributed by atoms with Crippen molar-refractivity contribution in [2.24, 2.45) is 0 Å². The number of aromatic nitrogens is 2. The second-order valence-electron chi connectivity index (χ2n) is 8.06. The maximum atomic E-state index is 4.74. The first-order valence-corrected chi connectivity index (χ1v) is 11.7. The number of nitrogens with zero attached hydrogens (tertiary/aromatic N) is 2. The second kappa shape index (κ2) is 9.16. The number of anilines is 1. The van der Waals surface area contributed by atoms with Gasteiger partial charge in [-0.25, -0.2) is 9.97 Å². The molecule has 0 amide bonds. The molecule has 0 unspecified atom stereocenters. The molecular weight excluding hydrogens is 400 g/mol. The van der Waals surface area contributed by atoms with Crippen LogP contribution in [-0.4, -0.2) is 17.0 Å². The van der Waals surface area contributed by atoms with E-state index >= 15 is 0 Å². The number of benzene rings is 2. The molecule has 2 aromatic heterocycles. The van der Waals surface area contributed by atoms with Gasteiger partial charge < -0.3 is 10.6 Å². The lowest BCUT2D eigenvalue weighted by Crippen LogP contribution is -2.09. The molecule has 1 atom stereocenters. The molecule has 4 rings (SSSR count). The highest BCUT2D eigenvalue weighted by molar-refractivity contribution is 7.10. The highest BCUT2D eigenvalue weighted by Crippen LogP contribution is 2.34. The smallest absolute Gasteiger partial charge is 0.138 e. The molecule has 0 spiro atoms.